The highest BCUT2D eigenvalue weighted by Gasteiger charge is 2.24. The van der Waals surface area contributed by atoms with Crippen molar-refractivity contribution in [2.45, 2.75) is 193 Å². The molecule has 7 heteroatoms. The molecule has 39 heavy (non-hydrogen) atoms. The van der Waals surface area contributed by atoms with Gasteiger partial charge in [-0.25, -0.2) is 4.57 Å². The summed E-state index contributed by atoms with van der Waals surface area (Å²) in [5.74, 6) is 0. The quantitative estimate of drug-likeness (QED) is 0.0543. The van der Waals surface area contributed by atoms with E-state index in [2.05, 4.69) is 13.8 Å². The first kappa shape index (κ1) is 39.0. The topological polar surface area (TPSA) is 96.2 Å². The minimum absolute atomic E-state index is 0.222. The molecule has 0 aliphatic rings. The summed E-state index contributed by atoms with van der Waals surface area (Å²) in [6.07, 6.45) is 29.7. The van der Waals surface area contributed by atoms with E-state index in [0.29, 0.717) is 12.8 Å². The average Bonchev–Trinajstić information content (AvgIpc) is 2.92. The molecular weight excluding hydrogens is 511 g/mol. The molecule has 6 nitrogen and oxygen atoms in total. The number of rotatable bonds is 32. The van der Waals surface area contributed by atoms with Crippen LogP contribution in [0.2, 0.25) is 0 Å². The summed E-state index contributed by atoms with van der Waals surface area (Å²) >= 11 is 0. The van der Waals surface area contributed by atoms with Crippen molar-refractivity contribution in [1.29, 1.82) is 0 Å². The molecule has 0 radical (unpaired) electrons. The molecule has 0 amide bonds. The smallest absolute Gasteiger partial charge is 0.391 e. The van der Waals surface area contributed by atoms with Crippen LogP contribution in [-0.4, -0.2) is 40.5 Å². The number of phosphoric ester groups is 1. The van der Waals surface area contributed by atoms with Crippen molar-refractivity contribution >= 4 is 7.82 Å². The maximum atomic E-state index is 12.1. The SMILES string of the molecule is CCCCCCCCCCCCCC[C@@H](O)COP(=O)(O)OC[C@@H](O)CCCCCCCCCCCCCC. The van der Waals surface area contributed by atoms with Crippen molar-refractivity contribution in [2.75, 3.05) is 13.2 Å². The Morgan fingerprint density at radius 2 is 0.692 bits per heavy atom. The minimum atomic E-state index is -4.26. The third-order valence-corrected chi connectivity index (χ3v) is 8.59. The van der Waals surface area contributed by atoms with Crippen molar-refractivity contribution in [2.24, 2.45) is 0 Å². The molecule has 0 aromatic carbocycles. The average molecular weight is 579 g/mol. The van der Waals surface area contributed by atoms with E-state index in [1.165, 1.54) is 128 Å². The Morgan fingerprint density at radius 1 is 0.462 bits per heavy atom. The lowest BCUT2D eigenvalue weighted by molar-refractivity contribution is 0.0432. The van der Waals surface area contributed by atoms with Crippen LogP contribution in [0.1, 0.15) is 181 Å². The molecular formula is C32H67O6P. The summed E-state index contributed by atoms with van der Waals surface area (Å²) in [6, 6.07) is 0. The second kappa shape index (κ2) is 29.5. The van der Waals surface area contributed by atoms with Gasteiger partial charge in [-0.1, -0.05) is 168 Å². The van der Waals surface area contributed by atoms with Crippen LogP contribution >= 0.6 is 7.82 Å². The zero-order valence-corrected chi connectivity index (χ0v) is 26.9. The summed E-state index contributed by atoms with van der Waals surface area (Å²) in [7, 11) is -4.26. The zero-order valence-electron chi connectivity index (χ0n) is 26.0. The highest BCUT2D eigenvalue weighted by Crippen LogP contribution is 2.43. The van der Waals surface area contributed by atoms with Crippen molar-refractivity contribution in [3.63, 3.8) is 0 Å². The molecule has 0 rings (SSSR count). The Bertz CT molecular complexity index is 491. The lowest BCUT2D eigenvalue weighted by atomic mass is 10.0. The fourth-order valence-corrected chi connectivity index (χ4v) is 5.80. The van der Waals surface area contributed by atoms with E-state index in [0.717, 1.165) is 25.7 Å². The van der Waals surface area contributed by atoms with Gasteiger partial charge in [-0.2, -0.15) is 0 Å². The number of unbranched alkanes of at least 4 members (excludes halogenated alkanes) is 22. The van der Waals surface area contributed by atoms with E-state index < -0.39 is 20.0 Å². The van der Waals surface area contributed by atoms with Crippen LogP contribution in [0, 0.1) is 0 Å². The number of phosphoric acid groups is 1. The first-order valence-corrected chi connectivity index (χ1v) is 18.4. The molecule has 0 aliphatic heterocycles. The Morgan fingerprint density at radius 3 is 0.949 bits per heavy atom. The molecule has 0 aromatic rings. The maximum absolute atomic E-state index is 12.1. The highest BCUT2D eigenvalue weighted by molar-refractivity contribution is 7.47. The molecule has 0 spiro atoms. The van der Waals surface area contributed by atoms with Crippen molar-refractivity contribution in [3.05, 3.63) is 0 Å². The maximum Gasteiger partial charge on any atom is 0.472 e. The van der Waals surface area contributed by atoms with Crippen LogP contribution < -0.4 is 0 Å². The van der Waals surface area contributed by atoms with Crippen LogP contribution in [0.4, 0.5) is 0 Å². The first-order valence-electron chi connectivity index (χ1n) is 16.9. The second-order valence-corrected chi connectivity index (χ2v) is 13.2. The summed E-state index contributed by atoms with van der Waals surface area (Å²) in [5, 5.41) is 20.1. The third kappa shape index (κ3) is 30.8. The number of hydrogen-bond acceptors (Lipinski definition) is 5. The molecule has 0 bridgehead atoms. The molecule has 1 unspecified atom stereocenters. The predicted molar refractivity (Wildman–Crippen MR) is 165 cm³/mol. The monoisotopic (exact) mass is 578 g/mol. The Hall–Kier alpha value is 0.0300. The molecule has 0 saturated heterocycles. The highest BCUT2D eigenvalue weighted by atomic mass is 31.2. The molecule has 3 atom stereocenters. The van der Waals surface area contributed by atoms with Crippen LogP contribution in [0.5, 0.6) is 0 Å². The summed E-state index contributed by atoms with van der Waals surface area (Å²) < 4.78 is 21.9. The minimum Gasteiger partial charge on any atom is -0.391 e. The summed E-state index contributed by atoms with van der Waals surface area (Å²) in [5.41, 5.74) is 0. The van der Waals surface area contributed by atoms with Gasteiger partial charge in [-0.15, -0.1) is 0 Å². The van der Waals surface area contributed by atoms with Crippen molar-refractivity contribution in [3.8, 4) is 0 Å². The zero-order chi connectivity index (χ0) is 28.9. The van der Waals surface area contributed by atoms with Gasteiger partial charge in [0.2, 0.25) is 0 Å². The van der Waals surface area contributed by atoms with E-state index in [-0.39, 0.29) is 13.2 Å². The van der Waals surface area contributed by atoms with Crippen molar-refractivity contribution < 1.29 is 28.7 Å². The molecule has 236 valence electrons. The van der Waals surface area contributed by atoms with E-state index >= 15 is 0 Å². The lowest BCUT2D eigenvalue weighted by Crippen LogP contribution is -2.17. The Labute approximate surface area is 242 Å². The molecule has 0 saturated carbocycles. The van der Waals surface area contributed by atoms with Gasteiger partial charge in [0, 0.05) is 0 Å². The van der Waals surface area contributed by atoms with Gasteiger partial charge >= 0.3 is 7.82 Å². The summed E-state index contributed by atoms with van der Waals surface area (Å²) in [4.78, 5) is 9.85. The van der Waals surface area contributed by atoms with E-state index in [9.17, 15) is 19.7 Å². The molecule has 0 fully saturated rings. The van der Waals surface area contributed by atoms with Crippen LogP contribution in [0.25, 0.3) is 0 Å². The normalized spacial score (nSPS) is 14.9. The second-order valence-electron chi connectivity index (χ2n) is 11.7. The fraction of sp³-hybridized carbons (Fsp3) is 1.00. The van der Waals surface area contributed by atoms with Gasteiger partial charge in [-0.3, -0.25) is 9.05 Å². The summed E-state index contributed by atoms with van der Waals surface area (Å²) in [6.45, 7) is 4.06. The number of aliphatic hydroxyl groups excluding tert-OH is 2. The van der Waals surface area contributed by atoms with Crippen molar-refractivity contribution in [1.82, 2.24) is 0 Å². The lowest BCUT2D eigenvalue weighted by Gasteiger charge is -2.17. The van der Waals surface area contributed by atoms with Gasteiger partial charge in [0.1, 0.15) is 0 Å². The fourth-order valence-electron chi connectivity index (χ4n) is 5.01. The van der Waals surface area contributed by atoms with E-state index in [1.54, 1.807) is 0 Å². The van der Waals surface area contributed by atoms with Crippen LogP contribution in [-0.2, 0) is 13.6 Å². The van der Waals surface area contributed by atoms with Gasteiger partial charge in [0.05, 0.1) is 25.4 Å². The third-order valence-electron chi connectivity index (χ3n) is 7.64. The largest absolute Gasteiger partial charge is 0.472 e. The standard InChI is InChI=1S/C32H67O6P/c1-3-5-7-9-11-13-15-17-19-21-23-25-27-31(33)29-37-39(35,36)38-30-32(34)28-26-24-22-20-18-16-14-12-10-8-6-4-2/h31-34H,3-30H2,1-2H3,(H,35,36)/t31-,32+. The van der Waals surface area contributed by atoms with Gasteiger partial charge in [0.15, 0.2) is 0 Å². The molecule has 0 heterocycles. The van der Waals surface area contributed by atoms with Gasteiger partial charge in [-0.05, 0) is 12.8 Å². The van der Waals surface area contributed by atoms with Gasteiger partial charge in [0.25, 0.3) is 0 Å². The number of hydrogen-bond donors (Lipinski definition) is 3. The Kier molecular flexibility index (Phi) is 29.5. The molecule has 0 aliphatic carbocycles. The predicted octanol–water partition coefficient (Wildman–Crippen LogP) is 10.0. The molecule has 0 aromatic heterocycles. The Balaban J connectivity index is 3.54. The van der Waals surface area contributed by atoms with Crippen LogP contribution in [0.3, 0.4) is 0 Å². The van der Waals surface area contributed by atoms with Gasteiger partial charge < -0.3 is 15.1 Å². The number of aliphatic hydroxyl groups is 2. The van der Waals surface area contributed by atoms with Crippen LogP contribution in [0.15, 0.2) is 0 Å². The first-order chi connectivity index (χ1) is 18.9. The van der Waals surface area contributed by atoms with E-state index in [1.807, 2.05) is 0 Å². The molecule has 3 N–H and O–H groups in total. The van der Waals surface area contributed by atoms with E-state index in [4.69, 9.17) is 9.05 Å².